The summed E-state index contributed by atoms with van der Waals surface area (Å²) in [6.45, 7) is 8.46. The van der Waals surface area contributed by atoms with Gasteiger partial charge in [-0.2, -0.15) is 0 Å². The van der Waals surface area contributed by atoms with Gasteiger partial charge in [0.05, 0.1) is 4.90 Å². The summed E-state index contributed by atoms with van der Waals surface area (Å²) >= 11 is 0. The van der Waals surface area contributed by atoms with Crippen LogP contribution in [-0.4, -0.2) is 18.9 Å². The van der Waals surface area contributed by atoms with Crippen LogP contribution in [0.15, 0.2) is 65.6 Å². The van der Waals surface area contributed by atoms with E-state index in [-0.39, 0.29) is 4.90 Å². The molecule has 0 saturated heterocycles. The third-order valence-corrected chi connectivity index (χ3v) is 7.32. The lowest BCUT2D eigenvalue weighted by molar-refractivity contribution is 0.0972. The van der Waals surface area contributed by atoms with E-state index in [2.05, 4.69) is 37.6 Å². The number of para-hydroxylation sites is 1. The second kappa shape index (κ2) is 8.41. The van der Waals surface area contributed by atoms with Crippen LogP contribution in [0, 0.1) is 27.7 Å². The molecular formula is C26H27N3O3S. The van der Waals surface area contributed by atoms with E-state index in [1.165, 1.54) is 17.7 Å². The predicted molar refractivity (Wildman–Crippen MR) is 132 cm³/mol. The van der Waals surface area contributed by atoms with Gasteiger partial charge in [-0.25, -0.2) is 13.1 Å². The Hall–Kier alpha value is -3.58. The molecule has 7 heteroatoms. The number of amides is 1. The number of fused-ring (bicyclic) bond motifs is 1. The summed E-state index contributed by atoms with van der Waals surface area (Å²) in [5.74, 6) is -0.673. The summed E-state index contributed by atoms with van der Waals surface area (Å²) in [5, 5.41) is 0.909. The van der Waals surface area contributed by atoms with Crippen LogP contribution in [-0.2, 0) is 16.6 Å². The molecule has 1 aromatic heterocycles. The minimum Gasteiger partial charge on any atom is -0.399 e. The van der Waals surface area contributed by atoms with Gasteiger partial charge in [-0.3, -0.25) is 4.79 Å². The highest BCUT2D eigenvalue weighted by Crippen LogP contribution is 2.29. The minimum absolute atomic E-state index is 0.0543. The Labute approximate surface area is 194 Å². The zero-order valence-electron chi connectivity index (χ0n) is 19.1. The fourth-order valence-corrected chi connectivity index (χ4v) is 5.47. The summed E-state index contributed by atoms with van der Waals surface area (Å²) in [6.07, 6.45) is 0. The van der Waals surface area contributed by atoms with Crippen molar-refractivity contribution in [3.63, 3.8) is 0 Å². The van der Waals surface area contributed by atoms with E-state index in [0.29, 0.717) is 17.9 Å². The van der Waals surface area contributed by atoms with Crippen molar-refractivity contribution < 1.29 is 13.2 Å². The molecule has 170 valence electrons. The van der Waals surface area contributed by atoms with Crippen LogP contribution >= 0.6 is 0 Å². The normalized spacial score (nSPS) is 11.6. The van der Waals surface area contributed by atoms with Crippen molar-refractivity contribution in [3.05, 3.63) is 94.2 Å². The first kappa shape index (κ1) is 22.6. The smallest absolute Gasteiger partial charge is 0.281 e. The van der Waals surface area contributed by atoms with Gasteiger partial charge in [0.2, 0.25) is 0 Å². The monoisotopic (exact) mass is 461 g/mol. The van der Waals surface area contributed by atoms with Gasteiger partial charge in [0.25, 0.3) is 15.9 Å². The van der Waals surface area contributed by atoms with Gasteiger partial charge in [-0.05, 0) is 74.2 Å². The van der Waals surface area contributed by atoms with Crippen molar-refractivity contribution in [3.8, 4) is 0 Å². The SMILES string of the molecule is Cc1cc(C)c(Cn2c(C(=O)NS(=O)(=O)c3cccc(N)c3)c(C)c3ccccc32)c(C)c1. The van der Waals surface area contributed by atoms with Crippen LogP contribution in [0.4, 0.5) is 5.69 Å². The molecule has 0 spiro atoms. The molecule has 4 rings (SSSR count). The van der Waals surface area contributed by atoms with Gasteiger partial charge < -0.3 is 10.3 Å². The molecule has 33 heavy (non-hydrogen) atoms. The molecule has 0 bridgehead atoms. The van der Waals surface area contributed by atoms with E-state index in [1.807, 2.05) is 35.8 Å². The molecule has 0 aliphatic rings. The molecule has 4 aromatic rings. The first-order valence-electron chi connectivity index (χ1n) is 10.7. The Kier molecular flexibility index (Phi) is 5.76. The van der Waals surface area contributed by atoms with Crippen LogP contribution in [0.1, 0.15) is 38.3 Å². The maximum atomic E-state index is 13.4. The number of rotatable bonds is 5. The first-order chi connectivity index (χ1) is 15.6. The van der Waals surface area contributed by atoms with Crippen LogP contribution in [0.25, 0.3) is 10.9 Å². The molecule has 0 atom stereocenters. The number of nitrogens with zero attached hydrogens (tertiary/aromatic N) is 1. The third-order valence-electron chi connectivity index (χ3n) is 5.99. The maximum absolute atomic E-state index is 13.4. The number of aryl methyl sites for hydroxylation is 4. The first-order valence-corrected chi connectivity index (χ1v) is 12.1. The number of benzene rings is 3. The van der Waals surface area contributed by atoms with E-state index >= 15 is 0 Å². The molecule has 0 aliphatic carbocycles. The molecule has 0 aliphatic heterocycles. The Morgan fingerprint density at radius 3 is 2.27 bits per heavy atom. The van der Waals surface area contributed by atoms with E-state index in [0.717, 1.165) is 33.2 Å². The van der Waals surface area contributed by atoms with E-state index in [4.69, 9.17) is 5.73 Å². The Bertz CT molecular complexity index is 1480. The third kappa shape index (κ3) is 4.24. The molecule has 0 fully saturated rings. The molecular weight excluding hydrogens is 434 g/mol. The molecule has 3 N–H and O–H groups in total. The molecule has 1 heterocycles. The van der Waals surface area contributed by atoms with Gasteiger partial charge in [0.15, 0.2) is 0 Å². The van der Waals surface area contributed by atoms with E-state index < -0.39 is 15.9 Å². The van der Waals surface area contributed by atoms with E-state index in [1.54, 1.807) is 12.1 Å². The summed E-state index contributed by atoms with van der Waals surface area (Å²) in [5.41, 5.74) is 12.5. The van der Waals surface area contributed by atoms with Gasteiger partial charge in [-0.1, -0.05) is 42.0 Å². The zero-order chi connectivity index (χ0) is 23.9. The van der Waals surface area contributed by atoms with Crippen molar-refractivity contribution in [1.29, 1.82) is 0 Å². The topological polar surface area (TPSA) is 94.2 Å². The van der Waals surface area contributed by atoms with Crippen LogP contribution in [0.2, 0.25) is 0 Å². The summed E-state index contributed by atoms with van der Waals surface area (Å²) in [6, 6.07) is 17.8. The van der Waals surface area contributed by atoms with Crippen molar-refractivity contribution in [2.45, 2.75) is 39.1 Å². The van der Waals surface area contributed by atoms with Crippen LogP contribution < -0.4 is 10.5 Å². The van der Waals surface area contributed by atoms with Gasteiger partial charge in [0.1, 0.15) is 5.69 Å². The quantitative estimate of drug-likeness (QED) is 0.424. The molecule has 0 radical (unpaired) electrons. The summed E-state index contributed by atoms with van der Waals surface area (Å²) < 4.78 is 30.0. The number of nitrogen functional groups attached to an aromatic ring is 1. The van der Waals surface area contributed by atoms with Crippen LogP contribution in [0.3, 0.4) is 0 Å². The Morgan fingerprint density at radius 2 is 1.61 bits per heavy atom. The Morgan fingerprint density at radius 1 is 0.939 bits per heavy atom. The number of carbonyl (C=O) groups is 1. The average Bonchev–Trinajstić information content (AvgIpc) is 3.02. The highest BCUT2D eigenvalue weighted by Gasteiger charge is 2.25. The standard InChI is InChI=1S/C26H27N3O3S/c1-16-12-17(2)23(18(3)13-16)15-29-24-11-6-5-10-22(24)19(4)25(29)26(30)28-33(31,32)21-9-7-8-20(27)14-21/h5-14H,15,27H2,1-4H3,(H,28,30). The zero-order valence-corrected chi connectivity index (χ0v) is 20.0. The predicted octanol–water partition coefficient (Wildman–Crippen LogP) is 4.62. The molecule has 6 nitrogen and oxygen atoms in total. The fraction of sp³-hybridized carbons (Fsp3) is 0.192. The number of aromatic nitrogens is 1. The van der Waals surface area contributed by atoms with Crippen LogP contribution in [0.5, 0.6) is 0 Å². The maximum Gasteiger partial charge on any atom is 0.281 e. The van der Waals surface area contributed by atoms with Gasteiger partial charge >= 0.3 is 0 Å². The molecule has 0 unspecified atom stereocenters. The number of sulfonamides is 1. The number of hydrogen-bond acceptors (Lipinski definition) is 4. The number of hydrogen-bond donors (Lipinski definition) is 2. The largest absolute Gasteiger partial charge is 0.399 e. The van der Waals surface area contributed by atoms with Crippen molar-refractivity contribution in [2.75, 3.05) is 5.73 Å². The number of nitrogens with two attached hydrogens (primary N) is 1. The Balaban J connectivity index is 1.83. The second-order valence-electron chi connectivity index (χ2n) is 8.46. The average molecular weight is 462 g/mol. The minimum atomic E-state index is -4.09. The lowest BCUT2D eigenvalue weighted by Crippen LogP contribution is -2.32. The van der Waals surface area contributed by atoms with Crippen molar-refractivity contribution >= 4 is 32.5 Å². The second-order valence-corrected chi connectivity index (χ2v) is 10.1. The number of carbonyl (C=O) groups excluding carboxylic acids is 1. The molecule has 0 saturated carbocycles. The van der Waals surface area contributed by atoms with Gasteiger partial charge in [0, 0.05) is 23.1 Å². The molecule has 1 amide bonds. The van der Waals surface area contributed by atoms with Gasteiger partial charge in [-0.15, -0.1) is 0 Å². The highest BCUT2D eigenvalue weighted by atomic mass is 32.2. The fourth-order valence-electron chi connectivity index (χ4n) is 4.46. The lowest BCUT2D eigenvalue weighted by atomic mass is 9.99. The summed E-state index contributed by atoms with van der Waals surface area (Å²) in [7, 11) is -4.09. The highest BCUT2D eigenvalue weighted by molar-refractivity contribution is 7.90. The number of nitrogens with one attached hydrogen (secondary N) is 1. The lowest BCUT2D eigenvalue weighted by Gasteiger charge is -2.16. The molecule has 3 aromatic carbocycles. The van der Waals surface area contributed by atoms with E-state index in [9.17, 15) is 13.2 Å². The van der Waals surface area contributed by atoms with Crippen molar-refractivity contribution in [2.24, 2.45) is 0 Å². The number of anilines is 1. The van der Waals surface area contributed by atoms with Crippen molar-refractivity contribution in [1.82, 2.24) is 9.29 Å². The summed E-state index contributed by atoms with van der Waals surface area (Å²) in [4.78, 5) is 13.3.